The van der Waals surface area contributed by atoms with E-state index in [9.17, 15) is 4.79 Å². The predicted octanol–water partition coefficient (Wildman–Crippen LogP) is 3.92. The van der Waals surface area contributed by atoms with Crippen LogP contribution in [-0.2, 0) is 4.79 Å². The molecule has 0 aliphatic rings. The second-order valence-corrected chi connectivity index (χ2v) is 5.10. The zero-order valence-electron chi connectivity index (χ0n) is 9.59. The first-order chi connectivity index (χ1) is 8.58. The number of carbonyl (C=O) groups is 1. The lowest BCUT2D eigenvalue weighted by Gasteiger charge is -2.14. The minimum absolute atomic E-state index is 0.525. The molecule has 0 spiro atoms. The van der Waals surface area contributed by atoms with Gasteiger partial charge >= 0.3 is 5.97 Å². The number of carboxylic acids is 1. The molecule has 0 aliphatic carbocycles. The van der Waals surface area contributed by atoms with E-state index in [2.05, 4.69) is 0 Å². The summed E-state index contributed by atoms with van der Waals surface area (Å²) in [6.45, 7) is 1.50. The first kappa shape index (κ1) is 12.9. The molecule has 2 aromatic rings. The number of benzene rings is 1. The average Bonchev–Trinajstić information content (AvgIpc) is 2.84. The van der Waals surface area contributed by atoms with Crippen LogP contribution < -0.4 is 4.74 Å². The van der Waals surface area contributed by atoms with Crippen LogP contribution in [0, 0.1) is 0 Å². The molecule has 1 atom stereocenters. The largest absolute Gasteiger partial charge is 0.479 e. The summed E-state index contributed by atoms with van der Waals surface area (Å²) in [5.74, 6) is -0.473. The minimum Gasteiger partial charge on any atom is -0.479 e. The van der Waals surface area contributed by atoms with E-state index >= 15 is 0 Å². The molecule has 0 saturated heterocycles. The number of halogens is 1. The van der Waals surface area contributed by atoms with E-state index in [4.69, 9.17) is 21.4 Å². The number of rotatable bonds is 4. The van der Waals surface area contributed by atoms with Crippen LogP contribution in [0.4, 0.5) is 0 Å². The Kier molecular flexibility index (Phi) is 3.89. The molecule has 2 rings (SSSR count). The molecule has 0 radical (unpaired) electrons. The molecular formula is C13H11ClO3S. The zero-order chi connectivity index (χ0) is 13.1. The Balaban J connectivity index is 2.38. The van der Waals surface area contributed by atoms with Gasteiger partial charge in [0, 0.05) is 15.5 Å². The maximum absolute atomic E-state index is 10.8. The van der Waals surface area contributed by atoms with E-state index in [1.165, 1.54) is 6.92 Å². The molecule has 0 bridgehead atoms. The maximum Gasteiger partial charge on any atom is 0.344 e. The van der Waals surface area contributed by atoms with Gasteiger partial charge in [0.25, 0.3) is 0 Å². The average molecular weight is 283 g/mol. The van der Waals surface area contributed by atoms with Crippen molar-refractivity contribution >= 4 is 28.9 Å². The van der Waals surface area contributed by atoms with Crippen LogP contribution in [0.25, 0.3) is 10.4 Å². The van der Waals surface area contributed by atoms with Gasteiger partial charge in [-0.3, -0.25) is 0 Å². The fourth-order valence-corrected chi connectivity index (χ4v) is 2.39. The van der Waals surface area contributed by atoms with Crippen LogP contribution in [0.15, 0.2) is 35.7 Å². The Labute approximate surface area is 114 Å². The molecule has 1 aromatic carbocycles. The van der Waals surface area contributed by atoms with Crippen LogP contribution in [0.2, 0.25) is 5.02 Å². The number of ether oxygens (including phenoxy) is 1. The Morgan fingerprint density at radius 3 is 2.83 bits per heavy atom. The van der Waals surface area contributed by atoms with E-state index in [1.807, 2.05) is 17.5 Å². The quantitative estimate of drug-likeness (QED) is 0.924. The second-order valence-electron chi connectivity index (χ2n) is 3.72. The lowest BCUT2D eigenvalue weighted by Crippen LogP contribution is -2.23. The predicted molar refractivity (Wildman–Crippen MR) is 72.5 cm³/mol. The van der Waals surface area contributed by atoms with Crippen molar-refractivity contribution in [1.82, 2.24) is 0 Å². The van der Waals surface area contributed by atoms with Gasteiger partial charge in [0.05, 0.1) is 0 Å². The van der Waals surface area contributed by atoms with Crippen molar-refractivity contribution in [3.05, 3.63) is 40.7 Å². The molecule has 0 amide bonds. The molecule has 3 nitrogen and oxygen atoms in total. The Bertz CT molecular complexity index is 551. The van der Waals surface area contributed by atoms with Gasteiger partial charge < -0.3 is 9.84 Å². The third-order valence-electron chi connectivity index (χ3n) is 2.38. The van der Waals surface area contributed by atoms with Gasteiger partial charge in [-0.2, -0.15) is 0 Å². The van der Waals surface area contributed by atoms with E-state index in [1.54, 1.807) is 29.5 Å². The molecule has 0 fully saturated rings. The van der Waals surface area contributed by atoms with Gasteiger partial charge in [0.15, 0.2) is 6.10 Å². The standard InChI is InChI=1S/C13H11ClO3S/c1-8(13(15)16)17-11-5-4-9(14)7-10(11)12-3-2-6-18-12/h2-8H,1H3,(H,15,16)/t8-/m0/s1. The van der Waals surface area contributed by atoms with Crippen LogP contribution in [0.1, 0.15) is 6.92 Å². The van der Waals surface area contributed by atoms with Gasteiger partial charge in [-0.25, -0.2) is 4.79 Å². The highest BCUT2D eigenvalue weighted by Gasteiger charge is 2.16. The number of aliphatic carboxylic acids is 1. The molecule has 94 valence electrons. The molecule has 0 aliphatic heterocycles. The molecule has 0 unspecified atom stereocenters. The second kappa shape index (κ2) is 5.42. The third kappa shape index (κ3) is 2.83. The highest BCUT2D eigenvalue weighted by atomic mass is 35.5. The maximum atomic E-state index is 10.8. The van der Waals surface area contributed by atoms with Crippen LogP contribution in [0.5, 0.6) is 5.75 Å². The minimum atomic E-state index is -0.998. The van der Waals surface area contributed by atoms with Gasteiger partial charge in [0.1, 0.15) is 5.75 Å². The summed E-state index contributed by atoms with van der Waals surface area (Å²) in [6.07, 6.45) is -0.898. The van der Waals surface area contributed by atoms with Gasteiger partial charge in [0.2, 0.25) is 0 Å². The highest BCUT2D eigenvalue weighted by molar-refractivity contribution is 7.13. The van der Waals surface area contributed by atoms with E-state index in [0.717, 1.165) is 10.4 Å². The van der Waals surface area contributed by atoms with Crippen LogP contribution in [0.3, 0.4) is 0 Å². The number of hydrogen-bond donors (Lipinski definition) is 1. The smallest absolute Gasteiger partial charge is 0.344 e. The molecule has 1 heterocycles. The summed E-state index contributed by atoms with van der Waals surface area (Å²) in [5, 5.41) is 11.4. The van der Waals surface area contributed by atoms with Crippen molar-refractivity contribution in [3.8, 4) is 16.2 Å². The lowest BCUT2D eigenvalue weighted by atomic mass is 10.1. The SMILES string of the molecule is C[C@H](Oc1ccc(Cl)cc1-c1cccs1)C(=O)O. The van der Waals surface area contributed by atoms with Gasteiger partial charge in [-0.05, 0) is 36.6 Å². The molecule has 1 N–H and O–H groups in total. The van der Waals surface area contributed by atoms with Gasteiger partial charge in [-0.15, -0.1) is 11.3 Å². The monoisotopic (exact) mass is 282 g/mol. The Morgan fingerprint density at radius 2 is 2.22 bits per heavy atom. The van der Waals surface area contributed by atoms with Crippen molar-refractivity contribution in [2.24, 2.45) is 0 Å². The number of hydrogen-bond acceptors (Lipinski definition) is 3. The summed E-state index contributed by atoms with van der Waals surface area (Å²) in [4.78, 5) is 11.8. The van der Waals surface area contributed by atoms with Crippen molar-refractivity contribution in [3.63, 3.8) is 0 Å². The van der Waals surface area contributed by atoms with E-state index in [-0.39, 0.29) is 0 Å². The number of thiophene rings is 1. The van der Waals surface area contributed by atoms with Crippen LogP contribution in [-0.4, -0.2) is 17.2 Å². The summed E-state index contributed by atoms with van der Waals surface area (Å²) in [7, 11) is 0. The van der Waals surface area contributed by atoms with Crippen molar-refractivity contribution < 1.29 is 14.6 Å². The first-order valence-electron chi connectivity index (χ1n) is 5.31. The number of carboxylic acid groups (broad SMARTS) is 1. The van der Waals surface area contributed by atoms with E-state index in [0.29, 0.717) is 10.8 Å². The third-order valence-corrected chi connectivity index (χ3v) is 3.52. The Hall–Kier alpha value is -1.52. The van der Waals surface area contributed by atoms with Crippen molar-refractivity contribution in [2.75, 3.05) is 0 Å². The molecule has 18 heavy (non-hydrogen) atoms. The normalized spacial score (nSPS) is 12.1. The fraction of sp³-hybridized carbons (Fsp3) is 0.154. The molecule has 1 aromatic heterocycles. The topological polar surface area (TPSA) is 46.5 Å². The lowest BCUT2D eigenvalue weighted by molar-refractivity contribution is -0.144. The zero-order valence-corrected chi connectivity index (χ0v) is 11.2. The summed E-state index contributed by atoms with van der Waals surface area (Å²) < 4.78 is 5.43. The molecule has 0 saturated carbocycles. The van der Waals surface area contributed by atoms with Crippen LogP contribution >= 0.6 is 22.9 Å². The van der Waals surface area contributed by atoms with Gasteiger partial charge in [-0.1, -0.05) is 17.7 Å². The first-order valence-corrected chi connectivity index (χ1v) is 6.56. The van der Waals surface area contributed by atoms with E-state index < -0.39 is 12.1 Å². The molecule has 5 heteroatoms. The Morgan fingerprint density at radius 1 is 1.44 bits per heavy atom. The highest BCUT2D eigenvalue weighted by Crippen LogP contribution is 2.35. The van der Waals surface area contributed by atoms with Crippen molar-refractivity contribution in [2.45, 2.75) is 13.0 Å². The molecular weight excluding hydrogens is 272 g/mol. The van der Waals surface area contributed by atoms with Crippen molar-refractivity contribution in [1.29, 1.82) is 0 Å². The summed E-state index contributed by atoms with van der Waals surface area (Å²) in [6, 6.07) is 9.01. The summed E-state index contributed by atoms with van der Waals surface area (Å²) >= 11 is 7.51. The summed E-state index contributed by atoms with van der Waals surface area (Å²) in [5.41, 5.74) is 0.811. The fourth-order valence-electron chi connectivity index (χ4n) is 1.47.